The monoisotopic (exact) mass is 834 g/mol. The van der Waals surface area contributed by atoms with E-state index in [1.165, 1.54) is 0 Å². The van der Waals surface area contributed by atoms with Gasteiger partial charge in [0, 0.05) is 42.6 Å². The van der Waals surface area contributed by atoms with Crippen molar-refractivity contribution >= 4 is 48.0 Å². The van der Waals surface area contributed by atoms with E-state index < -0.39 is 25.8 Å². The minimum atomic E-state index is -2.57. The number of benzene rings is 4. The highest BCUT2D eigenvalue weighted by molar-refractivity contribution is 6.91. The van der Waals surface area contributed by atoms with Crippen LogP contribution in [0.4, 0.5) is 17.1 Å². The maximum Gasteiger partial charge on any atom is 0.261 e. The van der Waals surface area contributed by atoms with Crippen molar-refractivity contribution in [1.29, 1.82) is 0 Å². The lowest BCUT2D eigenvalue weighted by Crippen LogP contribution is -2.52. The van der Waals surface area contributed by atoms with Crippen LogP contribution in [0.15, 0.2) is 91.0 Å². The van der Waals surface area contributed by atoms with E-state index in [1.807, 2.05) is 85.8 Å². The number of fused-ring (bicyclic) bond motifs is 3. The van der Waals surface area contributed by atoms with E-state index in [0.29, 0.717) is 49.5 Å². The molecule has 3 amide bonds. The number of rotatable bonds is 17. The molecule has 0 radical (unpaired) electrons. The van der Waals surface area contributed by atoms with Gasteiger partial charge in [0.25, 0.3) is 5.91 Å². The number of hydrogen-bond donors (Lipinski definition) is 4. The molecule has 0 saturated carbocycles. The summed E-state index contributed by atoms with van der Waals surface area (Å²) in [7, 11) is -0.936. The van der Waals surface area contributed by atoms with Gasteiger partial charge in [-0.05, 0) is 97.9 Å². The van der Waals surface area contributed by atoms with Gasteiger partial charge in [0.05, 0.1) is 52.7 Å². The predicted molar refractivity (Wildman–Crippen MR) is 235 cm³/mol. The van der Waals surface area contributed by atoms with E-state index in [4.69, 9.17) is 14.2 Å². The number of methoxy groups -OCH3 is 1. The fourth-order valence-electron chi connectivity index (χ4n) is 9.70. The summed E-state index contributed by atoms with van der Waals surface area (Å²) in [4.78, 5) is 47.0. The molecule has 3 aliphatic rings. The van der Waals surface area contributed by atoms with Crippen molar-refractivity contribution in [3.63, 3.8) is 0 Å². The Morgan fingerprint density at radius 2 is 1.73 bits per heavy atom. The average Bonchev–Trinajstić information content (AvgIpc) is 3.70. The third kappa shape index (κ3) is 8.21. The minimum Gasteiger partial charge on any atom is -0.497 e. The highest BCUT2D eigenvalue weighted by atomic mass is 28.3. The van der Waals surface area contributed by atoms with Crippen LogP contribution >= 0.6 is 0 Å². The highest BCUT2D eigenvalue weighted by Gasteiger charge is 2.65. The zero-order valence-corrected chi connectivity index (χ0v) is 36.3. The van der Waals surface area contributed by atoms with Crippen molar-refractivity contribution in [3.8, 4) is 11.5 Å². The van der Waals surface area contributed by atoms with Gasteiger partial charge in [-0.25, -0.2) is 0 Å². The molecule has 3 aliphatic heterocycles. The summed E-state index contributed by atoms with van der Waals surface area (Å²) in [5, 5.41) is 27.1. The number of unbranched alkanes of at least 4 members (excludes halogenated alkanes) is 1. The molecule has 318 valence electrons. The molecule has 1 spiro atoms. The first-order valence-electron chi connectivity index (χ1n) is 21.1. The normalized spacial score (nSPS) is 22.1. The van der Waals surface area contributed by atoms with Crippen LogP contribution in [0.25, 0.3) is 0 Å². The van der Waals surface area contributed by atoms with Crippen LogP contribution in [0.3, 0.4) is 0 Å². The molecule has 4 N–H and O–H groups in total. The Bertz CT molecular complexity index is 2170. The molecule has 4 aromatic carbocycles. The summed E-state index contributed by atoms with van der Waals surface area (Å²) >= 11 is 0. The quantitative estimate of drug-likeness (QED) is 0.0786. The summed E-state index contributed by atoms with van der Waals surface area (Å²) in [6, 6.07) is 28.6. The zero-order valence-electron chi connectivity index (χ0n) is 35.3. The van der Waals surface area contributed by atoms with E-state index in [-0.39, 0.29) is 55.4 Å². The SMILES string of the molecule is CCOc1ccc2c(c1)CC(NCCCCO)C(=O)N2c1ccc2c(c1)[C@@]1(O[C@H](CC(=O)N(CCO)Cc3ccccc3)[C@@H]([Si](C)(C)c3ccc(OC)cc3)[C@@H]1C)C(=O)N2. The maximum atomic E-state index is 14.7. The second-order valence-electron chi connectivity index (χ2n) is 16.6. The number of ether oxygens (including phenoxy) is 3. The van der Waals surface area contributed by atoms with Crippen LogP contribution in [0, 0.1) is 5.92 Å². The van der Waals surface area contributed by atoms with Gasteiger partial charge in [0.1, 0.15) is 11.5 Å². The van der Waals surface area contributed by atoms with Gasteiger partial charge in [-0.1, -0.05) is 67.7 Å². The summed E-state index contributed by atoms with van der Waals surface area (Å²) < 4.78 is 18.5. The second kappa shape index (κ2) is 18.3. The molecule has 0 aromatic heterocycles. The molecule has 0 bridgehead atoms. The Morgan fingerprint density at radius 1 is 0.983 bits per heavy atom. The molecule has 5 atom stereocenters. The first kappa shape index (κ1) is 43.0. The average molecular weight is 835 g/mol. The number of anilines is 3. The molecule has 1 unspecified atom stereocenters. The van der Waals surface area contributed by atoms with E-state index in [1.54, 1.807) is 16.9 Å². The lowest BCUT2D eigenvalue weighted by Gasteiger charge is -2.37. The number of hydrogen-bond acceptors (Lipinski definition) is 9. The third-order valence-corrected chi connectivity index (χ3v) is 17.0. The van der Waals surface area contributed by atoms with E-state index in [9.17, 15) is 24.6 Å². The third-order valence-electron chi connectivity index (χ3n) is 12.7. The van der Waals surface area contributed by atoms with E-state index >= 15 is 0 Å². The smallest absolute Gasteiger partial charge is 0.261 e. The standard InChI is InChI=1S/C47H58N4O8Si/c1-6-58-36-17-21-41-33(26-36)27-40(48-22-10-11-24-52)45(55)51(41)34-14-20-39-38(28-34)47(46(56)49-39)31(2)44(60(4,5)37-18-15-35(57-3)16-19-37)42(59-47)29-43(54)50(23-25-53)30-32-12-8-7-9-13-32/h7-9,12-21,26,28,31,40,42,44,48,52-53H,6,10-11,22-25,27,29-30H2,1-5H3,(H,49,56)/t31-,40?,42+,44-,47+/m0/s1. The predicted octanol–water partition coefficient (Wildman–Crippen LogP) is 5.62. The Morgan fingerprint density at radius 3 is 2.43 bits per heavy atom. The second-order valence-corrected chi connectivity index (χ2v) is 21.3. The molecule has 0 aliphatic carbocycles. The van der Waals surface area contributed by atoms with Gasteiger partial charge in [-0.3, -0.25) is 19.3 Å². The van der Waals surface area contributed by atoms with Gasteiger partial charge in [-0.15, -0.1) is 0 Å². The number of carbonyl (C=O) groups is 3. The summed E-state index contributed by atoms with van der Waals surface area (Å²) in [5.74, 6) is 0.489. The Hall–Kier alpha value is -5.05. The lowest BCUT2D eigenvalue weighted by atomic mass is 9.82. The van der Waals surface area contributed by atoms with Crippen molar-refractivity contribution in [1.82, 2.24) is 10.2 Å². The van der Waals surface area contributed by atoms with E-state index in [0.717, 1.165) is 39.9 Å². The van der Waals surface area contributed by atoms with E-state index in [2.05, 4.69) is 42.8 Å². The summed E-state index contributed by atoms with van der Waals surface area (Å²) in [6.07, 6.45) is 1.20. The molecule has 12 nitrogen and oxygen atoms in total. The van der Waals surface area contributed by atoms with Gasteiger partial charge in [0.2, 0.25) is 11.8 Å². The number of nitrogens with one attached hydrogen (secondary N) is 2. The Kier molecular flexibility index (Phi) is 13.1. The molecule has 3 heterocycles. The number of carbonyl (C=O) groups excluding carboxylic acids is 3. The number of nitrogens with zero attached hydrogens (tertiary/aromatic N) is 2. The van der Waals surface area contributed by atoms with Crippen molar-refractivity contribution in [2.45, 2.75) is 82.5 Å². The van der Waals surface area contributed by atoms with Crippen molar-refractivity contribution in [2.24, 2.45) is 5.92 Å². The molecular formula is C47H58N4O8Si. The van der Waals surface area contributed by atoms with Crippen LogP contribution in [0.1, 0.15) is 49.8 Å². The van der Waals surface area contributed by atoms with Crippen LogP contribution in [0.5, 0.6) is 11.5 Å². The largest absolute Gasteiger partial charge is 0.497 e. The molecule has 60 heavy (non-hydrogen) atoms. The molecule has 4 aromatic rings. The van der Waals surface area contributed by atoms with Crippen LogP contribution in [-0.4, -0.2) is 93.1 Å². The van der Waals surface area contributed by atoms with Crippen LogP contribution < -0.4 is 30.2 Å². The van der Waals surface area contributed by atoms with Gasteiger partial charge < -0.3 is 40.0 Å². The van der Waals surface area contributed by atoms with Crippen molar-refractivity contribution in [3.05, 3.63) is 108 Å². The number of aliphatic hydroxyl groups excluding tert-OH is 2. The highest BCUT2D eigenvalue weighted by Crippen LogP contribution is 2.59. The number of amides is 3. The topological polar surface area (TPSA) is 150 Å². The minimum absolute atomic E-state index is 0.0161. The molecule has 13 heteroatoms. The summed E-state index contributed by atoms with van der Waals surface area (Å²) in [6.45, 7) is 9.99. The van der Waals surface area contributed by atoms with Crippen LogP contribution in [-0.2, 0) is 37.7 Å². The van der Waals surface area contributed by atoms with Crippen LogP contribution in [0.2, 0.25) is 18.6 Å². The molecule has 1 saturated heterocycles. The first-order valence-corrected chi connectivity index (χ1v) is 24.2. The fraction of sp³-hybridized carbons (Fsp3) is 0.426. The number of aliphatic hydroxyl groups is 2. The van der Waals surface area contributed by atoms with Gasteiger partial charge in [-0.2, -0.15) is 0 Å². The van der Waals surface area contributed by atoms with Gasteiger partial charge >= 0.3 is 0 Å². The van der Waals surface area contributed by atoms with Crippen molar-refractivity contribution in [2.75, 3.05) is 50.2 Å². The fourth-order valence-corrected chi connectivity index (χ4v) is 13.7. The van der Waals surface area contributed by atoms with Crippen molar-refractivity contribution < 1.29 is 38.8 Å². The Labute approximate surface area is 353 Å². The zero-order chi connectivity index (χ0) is 42.6. The molecule has 7 rings (SSSR count). The summed E-state index contributed by atoms with van der Waals surface area (Å²) in [5.41, 5.74) is 2.80. The molecule has 1 fully saturated rings. The Balaban J connectivity index is 1.29. The first-order chi connectivity index (χ1) is 29.0. The van der Waals surface area contributed by atoms with Gasteiger partial charge in [0.15, 0.2) is 5.60 Å². The lowest BCUT2D eigenvalue weighted by molar-refractivity contribution is -0.148. The maximum absolute atomic E-state index is 14.7. The molecular weight excluding hydrogens is 777 g/mol.